The molecule has 2 heterocycles. The molecule has 1 saturated heterocycles. The van der Waals surface area contributed by atoms with Crippen LogP contribution in [0.2, 0.25) is 0 Å². The summed E-state index contributed by atoms with van der Waals surface area (Å²) in [5.74, 6) is 0.731. The highest BCUT2D eigenvalue weighted by atomic mass is 79.9. The number of halogens is 1. The van der Waals surface area contributed by atoms with Gasteiger partial charge in [0.25, 0.3) is 0 Å². The molecule has 6 nitrogen and oxygen atoms in total. The highest BCUT2D eigenvalue weighted by Gasteiger charge is 2.39. The van der Waals surface area contributed by atoms with Crippen molar-refractivity contribution in [2.24, 2.45) is 5.41 Å². The van der Waals surface area contributed by atoms with Crippen LogP contribution in [-0.2, 0) is 0 Å². The van der Waals surface area contributed by atoms with E-state index >= 15 is 0 Å². The maximum absolute atomic E-state index is 11.6. The molecule has 1 aliphatic rings. The van der Waals surface area contributed by atoms with Gasteiger partial charge in [-0.05, 0) is 33.7 Å². The molecule has 0 aliphatic carbocycles. The summed E-state index contributed by atoms with van der Waals surface area (Å²) >= 11 is 5.08. The average molecular weight is 454 g/mol. The molecule has 0 bridgehead atoms. The number of carbonyl (C=O) groups is 1. The minimum absolute atomic E-state index is 0.0413. The van der Waals surface area contributed by atoms with Crippen molar-refractivity contribution < 1.29 is 14.6 Å². The van der Waals surface area contributed by atoms with Gasteiger partial charge in [0.05, 0.1) is 9.99 Å². The van der Waals surface area contributed by atoms with Crippen LogP contribution in [0, 0.1) is 5.41 Å². The molecule has 1 aromatic carbocycles. The molecule has 2 atom stereocenters. The second-order valence-electron chi connectivity index (χ2n) is 7.82. The molecule has 0 spiro atoms. The van der Waals surface area contributed by atoms with Crippen molar-refractivity contribution >= 4 is 44.7 Å². The van der Waals surface area contributed by atoms with Crippen molar-refractivity contribution in [1.82, 2.24) is 14.9 Å². The topological polar surface area (TPSA) is 75.5 Å². The van der Waals surface area contributed by atoms with E-state index in [1.54, 1.807) is 4.90 Å². The Morgan fingerprint density at radius 3 is 2.78 bits per heavy atom. The number of amides is 1. The molecule has 2 unspecified atom stereocenters. The fourth-order valence-corrected chi connectivity index (χ4v) is 4.28. The predicted molar refractivity (Wildman–Crippen MR) is 111 cm³/mol. The van der Waals surface area contributed by atoms with E-state index in [4.69, 9.17) is 4.74 Å². The van der Waals surface area contributed by atoms with Gasteiger partial charge < -0.3 is 14.7 Å². The summed E-state index contributed by atoms with van der Waals surface area (Å²) in [5.41, 5.74) is 0.685. The van der Waals surface area contributed by atoms with Crippen LogP contribution in [0.4, 0.5) is 4.79 Å². The standard InChI is InChI=1S/C19H24BrN3O3S/c1-19(2,3)16-8-12(5-6-23(16)18(24)25)26-15-9-14-11(7-13(15)20)10-21-17(22-14)27-4/h7,9-10,12,16H,5-6,8H2,1-4H3,(H,24,25). The molecule has 0 saturated carbocycles. The number of hydrogen-bond donors (Lipinski definition) is 1. The fraction of sp³-hybridized carbons (Fsp3) is 0.526. The Balaban J connectivity index is 1.84. The van der Waals surface area contributed by atoms with E-state index in [0.717, 1.165) is 26.3 Å². The fourth-order valence-electron chi connectivity index (χ4n) is 3.47. The largest absolute Gasteiger partial charge is 0.489 e. The van der Waals surface area contributed by atoms with Crippen molar-refractivity contribution in [3.8, 4) is 5.75 Å². The Morgan fingerprint density at radius 1 is 1.41 bits per heavy atom. The molecular formula is C19H24BrN3O3S. The smallest absolute Gasteiger partial charge is 0.407 e. The number of carboxylic acid groups (broad SMARTS) is 1. The van der Waals surface area contributed by atoms with Crippen LogP contribution < -0.4 is 4.74 Å². The lowest BCUT2D eigenvalue weighted by atomic mass is 9.80. The van der Waals surface area contributed by atoms with Crippen LogP contribution in [0.3, 0.4) is 0 Å². The van der Waals surface area contributed by atoms with Gasteiger partial charge in [0.1, 0.15) is 11.9 Å². The van der Waals surface area contributed by atoms with Gasteiger partial charge in [0.2, 0.25) is 0 Å². The molecule has 8 heteroatoms. The molecule has 0 radical (unpaired) electrons. The number of thioether (sulfide) groups is 1. The van der Waals surface area contributed by atoms with Gasteiger partial charge in [-0.3, -0.25) is 0 Å². The summed E-state index contributed by atoms with van der Waals surface area (Å²) in [6.45, 7) is 6.69. The van der Waals surface area contributed by atoms with E-state index < -0.39 is 6.09 Å². The first kappa shape index (κ1) is 20.2. The van der Waals surface area contributed by atoms with E-state index in [0.29, 0.717) is 19.4 Å². The molecule has 146 valence electrons. The van der Waals surface area contributed by atoms with Gasteiger partial charge in [-0.25, -0.2) is 14.8 Å². The average Bonchev–Trinajstić information content (AvgIpc) is 2.61. The Kier molecular flexibility index (Phi) is 5.86. The van der Waals surface area contributed by atoms with Gasteiger partial charge in [-0.15, -0.1) is 0 Å². The van der Waals surface area contributed by atoms with E-state index in [1.807, 2.05) is 24.6 Å². The summed E-state index contributed by atoms with van der Waals surface area (Å²) in [7, 11) is 0. The summed E-state index contributed by atoms with van der Waals surface area (Å²) in [6, 6.07) is 3.80. The van der Waals surface area contributed by atoms with Crippen LogP contribution in [0.15, 0.2) is 28.0 Å². The molecule has 1 fully saturated rings. The molecule has 1 aliphatic heterocycles. The Morgan fingerprint density at radius 2 is 2.15 bits per heavy atom. The highest BCUT2D eigenvalue weighted by molar-refractivity contribution is 9.10. The Hall–Kier alpha value is -1.54. The molecule has 3 rings (SSSR count). The van der Waals surface area contributed by atoms with Crippen molar-refractivity contribution in [3.63, 3.8) is 0 Å². The monoisotopic (exact) mass is 453 g/mol. The van der Waals surface area contributed by atoms with Crippen LogP contribution in [0.25, 0.3) is 10.9 Å². The van der Waals surface area contributed by atoms with E-state index in [2.05, 4.69) is 46.7 Å². The third kappa shape index (κ3) is 4.48. The zero-order valence-corrected chi connectivity index (χ0v) is 18.3. The third-order valence-corrected chi connectivity index (χ3v) is 6.07. The number of aromatic nitrogens is 2. The molecule has 1 aromatic heterocycles. The number of benzene rings is 1. The van der Waals surface area contributed by atoms with Crippen LogP contribution in [0.1, 0.15) is 33.6 Å². The normalized spacial score (nSPS) is 20.7. The van der Waals surface area contributed by atoms with Gasteiger partial charge in [0.15, 0.2) is 5.16 Å². The summed E-state index contributed by atoms with van der Waals surface area (Å²) in [6.07, 6.45) is 4.19. The van der Waals surface area contributed by atoms with Gasteiger partial charge in [-0.2, -0.15) is 0 Å². The van der Waals surface area contributed by atoms with Gasteiger partial charge >= 0.3 is 6.09 Å². The number of fused-ring (bicyclic) bond motifs is 1. The second kappa shape index (κ2) is 7.83. The molecule has 2 aromatic rings. The summed E-state index contributed by atoms with van der Waals surface area (Å²) in [5, 5.41) is 11.2. The first-order valence-corrected chi connectivity index (χ1v) is 10.9. The molecule has 1 N–H and O–H groups in total. The van der Waals surface area contributed by atoms with Crippen molar-refractivity contribution in [2.45, 2.75) is 50.9 Å². The Labute approximate surface area is 171 Å². The lowest BCUT2D eigenvalue weighted by Crippen LogP contribution is -2.53. The lowest BCUT2D eigenvalue weighted by Gasteiger charge is -2.44. The first-order chi connectivity index (χ1) is 12.7. The van der Waals surface area contributed by atoms with Gasteiger partial charge in [0, 0.05) is 43.1 Å². The third-order valence-electron chi connectivity index (χ3n) is 4.89. The molecule has 27 heavy (non-hydrogen) atoms. The van der Waals surface area contributed by atoms with E-state index in [-0.39, 0.29) is 17.6 Å². The van der Waals surface area contributed by atoms with Gasteiger partial charge in [-0.1, -0.05) is 32.5 Å². The molecule has 1 amide bonds. The number of ether oxygens (including phenoxy) is 1. The lowest BCUT2D eigenvalue weighted by molar-refractivity contribution is 0.0128. The summed E-state index contributed by atoms with van der Waals surface area (Å²) < 4.78 is 7.14. The van der Waals surface area contributed by atoms with E-state index in [9.17, 15) is 9.90 Å². The second-order valence-corrected chi connectivity index (χ2v) is 9.45. The highest BCUT2D eigenvalue weighted by Crippen LogP contribution is 2.36. The van der Waals surface area contributed by atoms with Crippen LogP contribution in [-0.4, -0.2) is 51.0 Å². The van der Waals surface area contributed by atoms with Crippen LogP contribution in [0.5, 0.6) is 5.75 Å². The SMILES string of the molecule is CSc1ncc2cc(Br)c(OC3CCN(C(=O)O)C(C(C)(C)C)C3)cc2n1. The van der Waals surface area contributed by atoms with Crippen LogP contribution >= 0.6 is 27.7 Å². The summed E-state index contributed by atoms with van der Waals surface area (Å²) in [4.78, 5) is 22.0. The quantitative estimate of drug-likeness (QED) is 0.517. The zero-order valence-electron chi connectivity index (χ0n) is 15.9. The van der Waals surface area contributed by atoms with Crippen molar-refractivity contribution in [3.05, 3.63) is 22.8 Å². The molecular weight excluding hydrogens is 430 g/mol. The maximum Gasteiger partial charge on any atom is 0.407 e. The minimum Gasteiger partial charge on any atom is -0.489 e. The Bertz CT molecular complexity index is 856. The number of hydrogen-bond acceptors (Lipinski definition) is 5. The maximum atomic E-state index is 11.6. The van der Waals surface area contributed by atoms with Crippen molar-refractivity contribution in [2.75, 3.05) is 12.8 Å². The number of piperidine rings is 1. The first-order valence-electron chi connectivity index (χ1n) is 8.85. The van der Waals surface area contributed by atoms with E-state index in [1.165, 1.54) is 11.8 Å². The number of rotatable bonds is 3. The van der Waals surface area contributed by atoms with Crippen molar-refractivity contribution in [1.29, 1.82) is 0 Å². The minimum atomic E-state index is -0.860. The number of nitrogens with zero attached hydrogens (tertiary/aromatic N) is 3. The zero-order chi connectivity index (χ0) is 19.8. The predicted octanol–water partition coefficient (Wildman–Crippen LogP) is 5.05. The number of likely N-dealkylation sites (tertiary alicyclic amines) is 1.